The molecule has 0 spiro atoms. The van der Waals surface area contributed by atoms with Crippen molar-refractivity contribution < 1.29 is 14.3 Å². The summed E-state index contributed by atoms with van der Waals surface area (Å²) in [6.07, 6.45) is 0.0627. The third-order valence-electron chi connectivity index (χ3n) is 2.68. The van der Waals surface area contributed by atoms with Gasteiger partial charge in [0.05, 0.1) is 0 Å². The molecule has 0 saturated carbocycles. The first kappa shape index (κ1) is 14.8. The minimum atomic E-state index is -0.502. The molecule has 0 aromatic heterocycles. The van der Waals surface area contributed by atoms with Gasteiger partial charge in [-0.1, -0.05) is 0 Å². The molecule has 3 N–H and O–H groups in total. The van der Waals surface area contributed by atoms with Crippen LogP contribution in [0.1, 0.15) is 27.2 Å². The molecule has 1 saturated heterocycles. The predicted octanol–water partition coefficient (Wildman–Crippen LogP) is 0.318. The first-order valence-corrected chi connectivity index (χ1v) is 6.26. The molecule has 1 fully saturated rings. The molecule has 2 amide bonds. The van der Waals surface area contributed by atoms with E-state index in [0.29, 0.717) is 32.6 Å². The van der Waals surface area contributed by atoms with Crippen LogP contribution in [0.2, 0.25) is 0 Å². The van der Waals surface area contributed by atoms with Crippen molar-refractivity contribution in [2.75, 3.05) is 26.2 Å². The topological polar surface area (TPSA) is 84.7 Å². The number of alkyl carbamates (subject to hydrolysis) is 1. The number of hydrogen-bond acceptors (Lipinski definition) is 4. The van der Waals surface area contributed by atoms with E-state index in [1.807, 2.05) is 20.8 Å². The standard InChI is InChI=1S/C12H23N3O3/c1-12(2,3)18-11(17)14-4-5-15-8-9(7-13)6-10(15)16/h9H,4-8,13H2,1-3H3,(H,14,17). The van der Waals surface area contributed by atoms with Crippen LogP contribution in [-0.2, 0) is 9.53 Å². The molecule has 0 bridgehead atoms. The van der Waals surface area contributed by atoms with E-state index in [4.69, 9.17) is 10.5 Å². The van der Waals surface area contributed by atoms with Crippen LogP contribution in [0.15, 0.2) is 0 Å². The van der Waals surface area contributed by atoms with Crippen molar-refractivity contribution in [3.63, 3.8) is 0 Å². The number of hydrogen-bond donors (Lipinski definition) is 2. The van der Waals surface area contributed by atoms with Gasteiger partial charge in [-0.3, -0.25) is 4.79 Å². The van der Waals surface area contributed by atoms with Crippen LogP contribution in [0.4, 0.5) is 4.79 Å². The summed E-state index contributed by atoms with van der Waals surface area (Å²) >= 11 is 0. The predicted molar refractivity (Wildman–Crippen MR) is 68.0 cm³/mol. The number of ether oxygens (including phenoxy) is 1. The molecule has 1 atom stereocenters. The van der Waals surface area contributed by atoms with Gasteiger partial charge < -0.3 is 20.7 Å². The van der Waals surface area contributed by atoms with Crippen molar-refractivity contribution in [3.8, 4) is 0 Å². The van der Waals surface area contributed by atoms with Gasteiger partial charge >= 0.3 is 6.09 Å². The second-order valence-electron chi connectivity index (χ2n) is 5.57. The third-order valence-corrected chi connectivity index (χ3v) is 2.68. The number of rotatable bonds is 4. The molecule has 1 unspecified atom stereocenters. The molecule has 0 aromatic carbocycles. The Bertz CT molecular complexity index is 312. The summed E-state index contributed by atoms with van der Waals surface area (Å²) in [6, 6.07) is 0. The van der Waals surface area contributed by atoms with Crippen LogP contribution in [0, 0.1) is 5.92 Å². The van der Waals surface area contributed by atoms with Crippen molar-refractivity contribution in [2.24, 2.45) is 11.7 Å². The van der Waals surface area contributed by atoms with Gasteiger partial charge in [-0.2, -0.15) is 0 Å². The van der Waals surface area contributed by atoms with Crippen molar-refractivity contribution in [2.45, 2.75) is 32.8 Å². The van der Waals surface area contributed by atoms with Crippen molar-refractivity contribution in [3.05, 3.63) is 0 Å². The van der Waals surface area contributed by atoms with Crippen molar-refractivity contribution in [1.29, 1.82) is 0 Å². The maximum absolute atomic E-state index is 11.6. The minimum absolute atomic E-state index is 0.108. The monoisotopic (exact) mass is 257 g/mol. The lowest BCUT2D eigenvalue weighted by molar-refractivity contribution is -0.127. The lowest BCUT2D eigenvalue weighted by Gasteiger charge is -2.21. The van der Waals surface area contributed by atoms with Crippen LogP contribution in [0.3, 0.4) is 0 Å². The summed E-state index contributed by atoms with van der Waals surface area (Å²) in [4.78, 5) is 24.7. The van der Waals surface area contributed by atoms with E-state index in [-0.39, 0.29) is 11.8 Å². The van der Waals surface area contributed by atoms with E-state index >= 15 is 0 Å². The van der Waals surface area contributed by atoms with Gasteiger partial charge in [-0.05, 0) is 33.2 Å². The zero-order valence-electron chi connectivity index (χ0n) is 11.4. The molecule has 6 heteroatoms. The van der Waals surface area contributed by atoms with E-state index in [2.05, 4.69) is 5.32 Å². The quantitative estimate of drug-likeness (QED) is 0.759. The highest BCUT2D eigenvalue weighted by molar-refractivity contribution is 5.78. The fraction of sp³-hybridized carbons (Fsp3) is 0.833. The Morgan fingerprint density at radius 1 is 1.56 bits per heavy atom. The van der Waals surface area contributed by atoms with Gasteiger partial charge in [0, 0.05) is 26.1 Å². The van der Waals surface area contributed by atoms with Crippen LogP contribution in [0.25, 0.3) is 0 Å². The van der Waals surface area contributed by atoms with Gasteiger partial charge in [0.1, 0.15) is 5.60 Å². The highest BCUT2D eigenvalue weighted by Gasteiger charge is 2.28. The second kappa shape index (κ2) is 6.04. The van der Waals surface area contributed by atoms with E-state index in [1.165, 1.54) is 0 Å². The van der Waals surface area contributed by atoms with E-state index in [0.717, 1.165) is 0 Å². The van der Waals surface area contributed by atoms with E-state index in [9.17, 15) is 9.59 Å². The molecule has 1 rings (SSSR count). The normalized spacial score (nSPS) is 20.1. The summed E-state index contributed by atoms with van der Waals surface area (Å²) in [5.74, 6) is 0.357. The molecule has 6 nitrogen and oxygen atoms in total. The van der Waals surface area contributed by atoms with Crippen LogP contribution < -0.4 is 11.1 Å². The zero-order chi connectivity index (χ0) is 13.8. The highest BCUT2D eigenvalue weighted by Crippen LogP contribution is 2.15. The summed E-state index contributed by atoms with van der Waals surface area (Å²) in [5, 5.41) is 2.63. The number of amides is 2. The third kappa shape index (κ3) is 4.91. The van der Waals surface area contributed by atoms with Crippen molar-refractivity contribution in [1.82, 2.24) is 10.2 Å². The van der Waals surface area contributed by atoms with Gasteiger partial charge in [-0.15, -0.1) is 0 Å². The lowest BCUT2D eigenvalue weighted by Crippen LogP contribution is -2.38. The molecule has 18 heavy (non-hydrogen) atoms. The maximum Gasteiger partial charge on any atom is 0.407 e. The molecule has 1 aliphatic rings. The molecule has 1 heterocycles. The van der Waals surface area contributed by atoms with E-state index in [1.54, 1.807) is 4.90 Å². The SMILES string of the molecule is CC(C)(C)OC(=O)NCCN1CC(CN)CC1=O. The molecule has 0 aliphatic carbocycles. The fourth-order valence-corrected chi connectivity index (χ4v) is 1.84. The molecular formula is C12H23N3O3. The summed E-state index contributed by atoms with van der Waals surface area (Å²) in [5.41, 5.74) is 5.03. The molecule has 104 valence electrons. The molecule has 1 aliphatic heterocycles. The number of nitrogens with zero attached hydrogens (tertiary/aromatic N) is 1. The Balaban J connectivity index is 2.22. The van der Waals surface area contributed by atoms with Crippen molar-refractivity contribution >= 4 is 12.0 Å². The van der Waals surface area contributed by atoms with E-state index < -0.39 is 11.7 Å². The van der Waals surface area contributed by atoms with Gasteiger partial charge in [0.2, 0.25) is 5.91 Å². The number of likely N-dealkylation sites (tertiary alicyclic amines) is 1. The second-order valence-corrected chi connectivity index (χ2v) is 5.57. The Morgan fingerprint density at radius 3 is 2.72 bits per heavy atom. The zero-order valence-corrected chi connectivity index (χ0v) is 11.4. The van der Waals surface area contributed by atoms with Gasteiger partial charge in [0.25, 0.3) is 0 Å². The smallest absolute Gasteiger partial charge is 0.407 e. The van der Waals surface area contributed by atoms with Crippen LogP contribution in [-0.4, -0.2) is 48.7 Å². The lowest BCUT2D eigenvalue weighted by atomic mass is 10.1. The molecular weight excluding hydrogens is 234 g/mol. The fourth-order valence-electron chi connectivity index (χ4n) is 1.84. The van der Waals surface area contributed by atoms with Crippen LogP contribution in [0.5, 0.6) is 0 Å². The number of nitrogens with two attached hydrogens (primary N) is 1. The Morgan fingerprint density at radius 2 is 2.22 bits per heavy atom. The summed E-state index contributed by atoms with van der Waals surface area (Å²) in [7, 11) is 0. The van der Waals surface area contributed by atoms with Crippen LogP contribution >= 0.6 is 0 Å². The maximum atomic E-state index is 11.6. The number of carbonyl (C=O) groups is 2. The number of carbonyl (C=O) groups excluding carboxylic acids is 2. The Kier molecular flexibility index (Phi) is 4.95. The summed E-state index contributed by atoms with van der Waals surface area (Å²) < 4.78 is 5.10. The first-order chi connectivity index (χ1) is 8.31. The average Bonchev–Trinajstić information content (AvgIpc) is 2.57. The average molecular weight is 257 g/mol. The minimum Gasteiger partial charge on any atom is -0.444 e. The highest BCUT2D eigenvalue weighted by atomic mass is 16.6. The largest absolute Gasteiger partial charge is 0.444 e. The van der Waals surface area contributed by atoms with Gasteiger partial charge in [0.15, 0.2) is 0 Å². The Hall–Kier alpha value is -1.30. The molecule has 0 radical (unpaired) electrons. The first-order valence-electron chi connectivity index (χ1n) is 6.26. The van der Waals surface area contributed by atoms with Gasteiger partial charge in [-0.25, -0.2) is 4.79 Å². The summed E-state index contributed by atoms with van der Waals surface area (Å²) in [6.45, 7) is 7.55. The number of nitrogens with one attached hydrogen (secondary N) is 1. The Labute approximate surface area is 108 Å². The molecule has 0 aromatic rings.